The fourth-order valence-corrected chi connectivity index (χ4v) is 3.10. The molecule has 0 aliphatic rings. The second kappa shape index (κ2) is 5.87. The van der Waals surface area contributed by atoms with Crippen molar-refractivity contribution >= 4 is 22.9 Å². The molecule has 0 fully saturated rings. The zero-order valence-corrected chi connectivity index (χ0v) is 12.3. The number of benzene rings is 1. The number of hydrogen-bond donors (Lipinski definition) is 1. The van der Waals surface area contributed by atoms with Gasteiger partial charge in [0.05, 0.1) is 0 Å². The summed E-state index contributed by atoms with van der Waals surface area (Å²) in [6.45, 7) is 4.18. The second-order valence-corrected chi connectivity index (χ2v) is 6.20. The Morgan fingerprint density at radius 2 is 1.94 bits per heavy atom. The Bertz CT molecular complexity index is 533. The van der Waals surface area contributed by atoms with Gasteiger partial charge in [-0.05, 0) is 42.7 Å². The summed E-state index contributed by atoms with van der Waals surface area (Å²) in [6, 6.07) is 10.5. The van der Waals surface area contributed by atoms with Crippen molar-refractivity contribution in [3.8, 4) is 0 Å². The topological polar surface area (TPSA) is 26.0 Å². The van der Waals surface area contributed by atoms with Crippen LogP contribution in [-0.2, 0) is 12.8 Å². The van der Waals surface area contributed by atoms with Crippen molar-refractivity contribution in [1.82, 2.24) is 0 Å². The molecule has 1 unspecified atom stereocenters. The van der Waals surface area contributed by atoms with Crippen LogP contribution in [0.15, 0.2) is 30.3 Å². The molecule has 3 heteroatoms. The van der Waals surface area contributed by atoms with E-state index < -0.39 is 0 Å². The molecule has 1 nitrogen and oxygen atoms in total. The standard InChI is InChI=1S/C15H18ClNS/c1-3-12-6-7-13(18-12)9-15(17)11-5-4-10(2)14(16)8-11/h4-8,15H,3,9,17H2,1-2H3. The maximum absolute atomic E-state index is 6.24. The molecule has 1 heterocycles. The maximum atomic E-state index is 6.24. The van der Waals surface area contributed by atoms with E-state index in [0.29, 0.717) is 0 Å². The molecular formula is C15H18ClNS. The molecule has 18 heavy (non-hydrogen) atoms. The molecule has 2 N–H and O–H groups in total. The van der Waals surface area contributed by atoms with Crippen molar-refractivity contribution in [2.24, 2.45) is 5.73 Å². The summed E-state index contributed by atoms with van der Waals surface area (Å²) in [7, 11) is 0. The van der Waals surface area contributed by atoms with Crippen LogP contribution < -0.4 is 5.73 Å². The number of aryl methyl sites for hydroxylation is 2. The highest BCUT2D eigenvalue weighted by molar-refractivity contribution is 7.11. The Balaban J connectivity index is 2.11. The predicted molar refractivity (Wildman–Crippen MR) is 80.5 cm³/mol. The summed E-state index contributed by atoms with van der Waals surface area (Å²) in [5, 5.41) is 0.795. The Hall–Kier alpha value is -0.830. The molecule has 1 aromatic carbocycles. The quantitative estimate of drug-likeness (QED) is 0.875. The number of nitrogens with two attached hydrogens (primary N) is 1. The van der Waals surface area contributed by atoms with Gasteiger partial charge in [-0.25, -0.2) is 0 Å². The van der Waals surface area contributed by atoms with Crippen molar-refractivity contribution in [1.29, 1.82) is 0 Å². The molecule has 0 radical (unpaired) electrons. The number of hydrogen-bond acceptors (Lipinski definition) is 2. The molecule has 1 atom stereocenters. The third kappa shape index (κ3) is 3.14. The molecule has 2 aromatic rings. The monoisotopic (exact) mass is 279 g/mol. The van der Waals surface area contributed by atoms with Crippen molar-refractivity contribution in [2.75, 3.05) is 0 Å². The van der Waals surface area contributed by atoms with E-state index in [1.807, 2.05) is 30.4 Å². The summed E-state index contributed by atoms with van der Waals surface area (Å²) >= 11 is 7.98. The van der Waals surface area contributed by atoms with Crippen molar-refractivity contribution in [2.45, 2.75) is 32.7 Å². The molecule has 0 saturated carbocycles. The van der Waals surface area contributed by atoms with Gasteiger partial charge in [0, 0.05) is 27.2 Å². The summed E-state index contributed by atoms with van der Waals surface area (Å²) in [6.07, 6.45) is 1.97. The fraction of sp³-hybridized carbons (Fsp3) is 0.333. The van der Waals surface area contributed by atoms with E-state index in [1.54, 1.807) is 0 Å². The highest BCUT2D eigenvalue weighted by atomic mass is 35.5. The Morgan fingerprint density at radius 1 is 1.22 bits per heavy atom. The Kier molecular flexibility index (Phi) is 4.44. The van der Waals surface area contributed by atoms with Crippen LogP contribution in [0.1, 0.15) is 33.8 Å². The number of thiophene rings is 1. The van der Waals surface area contributed by atoms with Crippen LogP contribution in [0.3, 0.4) is 0 Å². The van der Waals surface area contributed by atoms with Gasteiger partial charge < -0.3 is 5.73 Å². The van der Waals surface area contributed by atoms with E-state index in [-0.39, 0.29) is 6.04 Å². The van der Waals surface area contributed by atoms with E-state index in [1.165, 1.54) is 9.75 Å². The summed E-state index contributed by atoms with van der Waals surface area (Å²) in [5.41, 5.74) is 8.45. The van der Waals surface area contributed by atoms with Crippen LogP contribution in [0, 0.1) is 6.92 Å². The molecule has 0 saturated heterocycles. The average Bonchev–Trinajstić information content (AvgIpc) is 2.80. The van der Waals surface area contributed by atoms with Gasteiger partial charge in [0.1, 0.15) is 0 Å². The first kappa shape index (κ1) is 13.6. The molecule has 0 aliphatic heterocycles. The van der Waals surface area contributed by atoms with E-state index in [0.717, 1.165) is 29.0 Å². The van der Waals surface area contributed by atoms with Crippen LogP contribution in [0.5, 0.6) is 0 Å². The SMILES string of the molecule is CCc1ccc(CC(N)c2ccc(C)c(Cl)c2)s1. The molecule has 0 bridgehead atoms. The largest absolute Gasteiger partial charge is 0.324 e. The minimum absolute atomic E-state index is 0.0199. The molecule has 1 aromatic heterocycles. The average molecular weight is 280 g/mol. The van der Waals surface area contributed by atoms with Gasteiger partial charge in [-0.2, -0.15) is 0 Å². The molecule has 0 aliphatic carbocycles. The van der Waals surface area contributed by atoms with E-state index in [4.69, 9.17) is 17.3 Å². The third-order valence-corrected chi connectivity index (χ3v) is 4.77. The molecule has 96 valence electrons. The van der Waals surface area contributed by atoms with Crippen LogP contribution >= 0.6 is 22.9 Å². The van der Waals surface area contributed by atoms with Crippen molar-refractivity contribution in [3.63, 3.8) is 0 Å². The molecule has 2 rings (SSSR count). The lowest BCUT2D eigenvalue weighted by Gasteiger charge is -2.12. The molecule has 0 amide bonds. The lowest BCUT2D eigenvalue weighted by molar-refractivity contribution is 0.730. The normalized spacial score (nSPS) is 12.7. The highest BCUT2D eigenvalue weighted by Crippen LogP contribution is 2.25. The minimum Gasteiger partial charge on any atom is -0.324 e. The maximum Gasteiger partial charge on any atom is 0.0438 e. The van der Waals surface area contributed by atoms with Gasteiger partial charge >= 0.3 is 0 Å². The predicted octanol–water partition coefficient (Wildman–Crippen LogP) is 4.51. The number of rotatable bonds is 4. The smallest absolute Gasteiger partial charge is 0.0438 e. The van der Waals surface area contributed by atoms with Gasteiger partial charge in [0.15, 0.2) is 0 Å². The first-order valence-electron chi connectivity index (χ1n) is 6.19. The zero-order chi connectivity index (χ0) is 13.1. The van der Waals surface area contributed by atoms with E-state index in [2.05, 4.69) is 25.1 Å². The lowest BCUT2D eigenvalue weighted by atomic mass is 10.0. The van der Waals surface area contributed by atoms with Crippen LogP contribution in [0.2, 0.25) is 5.02 Å². The minimum atomic E-state index is 0.0199. The first-order chi connectivity index (χ1) is 8.60. The second-order valence-electron chi connectivity index (χ2n) is 4.54. The fourth-order valence-electron chi connectivity index (χ4n) is 1.90. The van der Waals surface area contributed by atoms with Gasteiger partial charge in [-0.3, -0.25) is 0 Å². The number of halogens is 1. The van der Waals surface area contributed by atoms with Crippen LogP contribution in [-0.4, -0.2) is 0 Å². The zero-order valence-electron chi connectivity index (χ0n) is 10.7. The Morgan fingerprint density at radius 3 is 2.56 bits per heavy atom. The van der Waals surface area contributed by atoms with Crippen LogP contribution in [0.25, 0.3) is 0 Å². The summed E-state index contributed by atoms with van der Waals surface area (Å²) in [5.74, 6) is 0. The highest BCUT2D eigenvalue weighted by Gasteiger charge is 2.10. The van der Waals surface area contributed by atoms with Crippen LogP contribution in [0.4, 0.5) is 0 Å². The van der Waals surface area contributed by atoms with E-state index >= 15 is 0 Å². The first-order valence-corrected chi connectivity index (χ1v) is 7.38. The van der Waals surface area contributed by atoms with Gasteiger partial charge in [0.2, 0.25) is 0 Å². The third-order valence-electron chi connectivity index (χ3n) is 3.11. The van der Waals surface area contributed by atoms with Gasteiger partial charge in [0.25, 0.3) is 0 Å². The molecular weight excluding hydrogens is 262 g/mol. The molecule has 0 spiro atoms. The van der Waals surface area contributed by atoms with Gasteiger partial charge in [-0.1, -0.05) is 30.7 Å². The van der Waals surface area contributed by atoms with Crippen molar-refractivity contribution in [3.05, 3.63) is 56.2 Å². The summed E-state index contributed by atoms with van der Waals surface area (Å²) in [4.78, 5) is 2.76. The summed E-state index contributed by atoms with van der Waals surface area (Å²) < 4.78 is 0. The van der Waals surface area contributed by atoms with Gasteiger partial charge in [-0.15, -0.1) is 11.3 Å². The Labute approximate surface area is 118 Å². The van der Waals surface area contributed by atoms with E-state index in [9.17, 15) is 0 Å². The van der Waals surface area contributed by atoms with Crippen molar-refractivity contribution < 1.29 is 0 Å². The lowest BCUT2D eigenvalue weighted by Crippen LogP contribution is -2.12.